The minimum absolute atomic E-state index is 0.326. The van der Waals surface area contributed by atoms with Gasteiger partial charge in [0, 0.05) is 5.56 Å². The van der Waals surface area contributed by atoms with Crippen LogP contribution in [0, 0.1) is 0 Å². The van der Waals surface area contributed by atoms with Gasteiger partial charge in [0.05, 0.1) is 0 Å². The summed E-state index contributed by atoms with van der Waals surface area (Å²) in [5.74, 6) is -1.37. The predicted molar refractivity (Wildman–Crippen MR) is 77.9 cm³/mol. The molecule has 1 unspecified atom stereocenters. The molecule has 1 aromatic carbocycles. The Bertz CT molecular complexity index is 488. The van der Waals surface area contributed by atoms with Crippen LogP contribution in [-0.4, -0.2) is 36.1 Å². The van der Waals surface area contributed by atoms with Crippen molar-refractivity contribution < 1.29 is 14.7 Å². The first kappa shape index (κ1) is 16.2. The van der Waals surface area contributed by atoms with Crippen LogP contribution in [0.2, 0.25) is 0 Å². The largest absolute Gasteiger partial charge is 0.480 e. The SMILES string of the molecule is CCC(C)(NC(=O)c1ccccc1CCNC)C(=O)O. The first-order valence-corrected chi connectivity index (χ1v) is 6.73. The van der Waals surface area contributed by atoms with Crippen LogP contribution >= 0.6 is 0 Å². The molecule has 0 aliphatic heterocycles. The third kappa shape index (κ3) is 3.81. The number of hydrogen-bond acceptors (Lipinski definition) is 3. The minimum atomic E-state index is -1.24. The van der Waals surface area contributed by atoms with Crippen LogP contribution in [0.3, 0.4) is 0 Å². The van der Waals surface area contributed by atoms with Gasteiger partial charge in [0.25, 0.3) is 5.91 Å². The van der Waals surface area contributed by atoms with Gasteiger partial charge in [-0.05, 0) is 45.0 Å². The van der Waals surface area contributed by atoms with Crippen molar-refractivity contribution in [3.8, 4) is 0 Å². The number of hydrogen-bond donors (Lipinski definition) is 3. The second-order valence-corrected chi connectivity index (χ2v) is 4.96. The molecule has 3 N–H and O–H groups in total. The summed E-state index contributed by atoms with van der Waals surface area (Å²) in [6.45, 7) is 4.01. The summed E-state index contributed by atoms with van der Waals surface area (Å²) in [6, 6.07) is 7.26. The first-order chi connectivity index (χ1) is 9.44. The maximum atomic E-state index is 12.3. The van der Waals surface area contributed by atoms with Crippen molar-refractivity contribution in [1.29, 1.82) is 0 Å². The first-order valence-electron chi connectivity index (χ1n) is 6.73. The molecular formula is C15H22N2O3. The average molecular weight is 278 g/mol. The van der Waals surface area contributed by atoms with E-state index in [-0.39, 0.29) is 5.91 Å². The smallest absolute Gasteiger partial charge is 0.329 e. The van der Waals surface area contributed by atoms with E-state index >= 15 is 0 Å². The number of rotatable bonds is 7. The highest BCUT2D eigenvalue weighted by atomic mass is 16.4. The Kier molecular flexibility index (Phi) is 5.70. The highest BCUT2D eigenvalue weighted by Crippen LogP contribution is 2.14. The van der Waals surface area contributed by atoms with Gasteiger partial charge >= 0.3 is 5.97 Å². The Morgan fingerprint density at radius 3 is 2.50 bits per heavy atom. The number of carboxylic acid groups (broad SMARTS) is 1. The molecule has 0 saturated carbocycles. The molecule has 1 rings (SSSR count). The Morgan fingerprint density at radius 2 is 1.95 bits per heavy atom. The van der Waals surface area contributed by atoms with Gasteiger partial charge in [-0.15, -0.1) is 0 Å². The van der Waals surface area contributed by atoms with Crippen LogP contribution in [0.1, 0.15) is 36.2 Å². The van der Waals surface area contributed by atoms with Crippen molar-refractivity contribution in [2.24, 2.45) is 0 Å². The van der Waals surface area contributed by atoms with Crippen molar-refractivity contribution >= 4 is 11.9 Å². The molecule has 0 heterocycles. The van der Waals surface area contributed by atoms with Crippen molar-refractivity contribution in [3.63, 3.8) is 0 Å². The molecule has 1 aromatic rings. The molecular weight excluding hydrogens is 256 g/mol. The fourth-order valence-corrected chi connectivity index (χ4v) is 1.83. The highest BCUT2D eigenvalue weighted by Gasteiger charge is 2.33. The van der Waals surface area contributed by atoms with Gasteiger partial charge in [-0.2, -0.15) is 0 Å². The molecule has 1 amide bonds. The molecule has 1 atom stereocenters. The second kappa shape index (κ2) is 7.05. The van der Waals surface area contributed by atoms with Gasteiger partial charge in [0.1, 0.15) is 5.54 Å². The van der Waals surface area contributed by atoms with Crippen LogP contribution in [0.15, 0.2) is 24.3 Å². The molecule has 0 radical (unpaired) electrons. The summed E-state index contributed by atoms with van der Waals surface area (Å²) in [7, 11) is 1.85. The average Bonchev–Trinajstić information content (AvgIpc) is 2.44. The number of aliphatic carboxylic acids is 1. The summed E-state index contributed by atoms with van der Waals surface area (Å²) in [5, 5.41) is 14.9. The molecule has 5 nitrogen and oxygen atoms in total. The Morgan fingerprint density at radius 1 is 1.30 bits per heavy atom. The molecule has 0 spiro atoms. The highest BCUT2D eigenvalue weighted by molar-refractivity contribution is 5.98. The van der Waals surface area contributed by atoms with Crippen molar-refractivity contribution in [1.82, 2.24) is 10.6 Å². The maximum absolute atomic E-state index is 12.3. The molecule has 0 aliphatic carbocycles. The number of benzene rings is 1. The zero-order valence-electron chi connectivity index (χ0n) is 12.2. The molecule has 0 saturated heterocycles. The molecule has 0 fully saturated rings. The van der Waals surface area contributed by atoms with E-state index in [1.807, 2.05) is 19.2 Å². The maximum Gasteiger partial charge on any atom is 0.329 e. The number of carboxylic acids is 1. The van der Waals surface area contributed by atoms with E-state index < -0.39 is 11.5 Å². The Balaban J connectivity index is 2.95. The minimum Gasteiger partial charge on any atom is -0.480 e. The van der Waals surface area contributed by atoms with Crippen molar-refractivity contribution in [2.45, 2.75) is 32.2 Å². The van der Waals surface area contributed by atoms with Gasteiger partial charge in [0.15, 0.2) is 0 Å². The van der Waals surface area contributed by atoms with E-state index in [0.29, 0.717) is 12.0 Å². The quantitative estimate of drug-likeness (QED) is 0.705. The van der Waals surface area contributed by atoms with Crippen LogP contribution in [0.25, 0.3) is 0 Å². The fourth-order valence-electron chi connectivity index (χ4n) is 1.83. The standard InChI is InChI=1S/C15H22N2O3/c1-4-15(2,14(19)20)17-13(18)12-8-6-5-7-11(12)9-10-16-3/h5-8,16H,4,9-10H2,1-3H3,(H,17,18)(H,19,20). The summed E-state index contributed by atoms with van der Waals surface area (Å²) < 4.78 is 0. The zero-order valence-corrected chi connectivity index (χ0v) is 12.2. The van der Waals surface area contributed by atoms with E-state index in [0.717, 1.165) is 18.5 Å². The lowest BCUT2D eigenvalue weighted by atomic mass is 9.97. The van der Waals surface area contributed by atoms with Crippen molar-refractivity contribution in [3.05, 3.63) is 35.4 Å². The Hall–Kier alpha value is -1.88. The Labute approximate surface area is 119 Å². The van der Waals surface area contributed by atoms with E-state index in [4.69, 9.17) is 0 Å². The van der Waals surface area contributed by atoms with Crippen molar-refractivity contribution in [2.75, 3.05) is 13.6 Å². The monoisotopic (exact) mass is 278 g/mol. The third-order valence-corrected chi connectivity index (χ3v) is 3.47. The molecule has 110 valence electrons. The van der Waals surface area contributed by atoms with Gasteiger partial charge in [-0.3, -0.25) is 4.79 Å². The summed E-state index contributed by atoms with van der Waals surface area (Å²) in [5.41, 5.74) is 0.194. The molecule has 0 aromatic heterocycles. The zero-order chi connectivity index (χ0) is 15.2. The lowest BCUT2D eigenvalue weighted by Crippen LogP contribution is -2.51. The predicted octanol–water partition coefficient (Wildman–Crippen LogP) is 1.43. The summed E-state index contributed by atoms with van der Waals surface area (Å²) in [6.07, 6.45) is 1.04. The number of carbonyl (C=O) groups excluding carboxylic acids is 1. The van der Waals surface area contributed by atoms with E-state index in [2.05, 4.69) is 10.6 Å². The lowest BCUT2D eigenvalue weighted by Gasteiger charge is -2.25. The lowest BCUT2D eigenvalue weighted by molar-refractivity contribution is -0.143. The molecule has 0 aliphatic rings. The topological polar surface area (TPSA) is 78.4 Å². The van der Waals surface area contributed by atoms with Crippen LogP contribution in [0.4, 0.5) is 0 Å². The molecule has 0 bridgehead atoms. The third-order valence-electron chi connectivity index (χ3n) is 3.47. The summed E-state index contributed by atoms with van der Waals surface area (Å²) in [4.78, 5) is 23.6. The number of likely N-dealkylation sites (N-methyl/N-ethyl adjacent to an activating group) is 1. The number of carbonyl (C=O) groups is 2. The van der Waals surface area contributed by atoms with Gasteiger partial charge < -0.3 is 15.7 Å². The van der Waals surface area contributed by atoms with E-state index in [1.54, 1.807) is 19.1 Å². The van der Waals surface area contributed by atoms with Crippen LogP contribution < -0.4 is 10.6 Å². The normalized spacial score (nSPS) is 13.6. The second-order valence-electron chi connectivity index (χ2n) is 4.96. The van der Waals surface area contributed by atoms with Crippen LogP contribution in [-0.2, 0) is 11.2 Å². The fraction of sp³-hybridized carbons (Fsp3) is 0.467. The molecule has 5 heteroatoms. The van der Waals surface area contributed by atoms with Crippen LogP contribution in [0.5, 0.6) is 0 Å². The van der Waals surface area contributed by atoms with Gasteiger partial charge in [-0.25, -0.2) is 4.79 Å². The molecule has 20 heavy (non-hydrogen) atoms. The number of amides is 1. The van der Waals surface area contributed by atoms with E-state index in [9.17, 15) is 14.7 Å². The summed E-state index contributed by atoms with van der Waals surface area (Å²) >= 11 is 0. The van der Waals surface area contributed by atoms with Gasteiger partial charge in [-0.1, -0.05) is 25.1 Å². The van der Waals surface area contributed by atoms with E-state index in [1.165, 1.54) is 6.92 Å². The number of nitrogens with one attached hydrogen (secondary N) is 2. The van der Waals surface area contributed by atoms with Gasteiger partial charge in [0.2, 0.25) is 0 Å².